The Bertz CT molecular complexity index is 245. The van der Waals surface area contributed by atoms with Crippen LogP contribution < -0.4 is 0 Å². The van der Waals surface area contributed by atoms with Crippen LogP contribution in [0.1, 0.15) is 25.5 Å². The van der Waals surface area contributed by atoms with Crippen molar-refractivity contribution in [2.45, 2.75) is 25.1 Å². The average molecular weight is 249 g/mol. The molecule has 2 atom stereocenters. The lowest BCUT2D eigenvalue weighted by atomic mass is 10.0. The van der Waals surface area contributed by atoms with Crippen molar-refractivity contribution in [1.29, 1.82) is 0 Å². The van der Waals surface area contributed by atoms with Gasteiger partial charge >= 0.3 is 0 Å². The summed E-state index contributed by atoms with van der Waals surface area (Å²) in [5, 5.41) is 0.124. The smallest absolute Gasteiger partial charge is 0.0447 e. The van der Waals surface area contributed by atoms with Crippen LogP contribution in [0.4, 0.5) is 0 Å². The predicted molar refractivity (Wildman–Crippen MR) is 55.7 cm³/mol. The van der Waals surface area contributed by atoms with Crippen molar-refractivity contribution in [1.82, 2.24) is 4.98 Å². The minimum Gasteiger partial charge on any atom is -0.260 e. The van der Waals surface area contributed by atoms with Crippen LogP contribution in [-0.4, -0.2) is 10.4 Å². The minimum absolute atomic E-state index is 0.124. The molecule has 0 bridgehead atoms. The summed E-state index contributed by atoms with van der Waals surface area (Å²) in [4.78, 5) is 4.27. The molecule has 1 heterocycles. The summed E-state index contributed by atoms with van der Waals surface area (Å²) >= 11 is 9.29. The molecule has 0 saturated heterocycles. The highest BCUT2D eigenvalue weighted by atomic mass is 79.9. The summed E-state index contributed by atoms with van der Waals surface area (Å²) in [5.41, 5.74) is 1.04. The molecule has 0 radical (unpaired) electrons. The lowest BCUT2D eigenvalue weighted by molar-refractivity contribution is 0.716. The molecule has 12 heavy (non-hydrogen) atoms. The van der Waals surface area contributed by atoms with Crippen molar-refractivity contribution in [3.63, 3.8) is 0 Å². The van der Waals surface area contributed by atoms with Gasteiger partial charge in [-0.05, 0) is 35.0 Å². The topological polar surface area (TPSA) is 12.9 Å². The van der Waals surface area contributed by atoms with Crippen LogP contribution in [0.2, 0.25) is 0 Å². The second kappa shape index (κ2) is 4.24. The molecule has 0 N–H and O–H groups in total. The van der Waals surface area contributed by atoms with Crippen LogP contribution in [0.25, 0.3) is 0 Å². The van der Waals surface area contributed by atoms with Crippen LogP contribution in [-0.2, 0) is 0 Å². The van der Waals surface area contributed by atoms with E-state index in [0.717, 1.165) is 10.2 Å². The zero-order chi connectivity index (χ0) is 9.14. The summed E-state index contributed by atoms with van der Waals surface area (Å²) < 4.78 is 1.00. The molecule has 0 aromatic carbocycles. The van der Waals surface area contributed by atoms with E-state index in [1.54, 1.807) is 6.20 Å². The van der Waals surface area contributed by atoms with Crippen molar-refractivity contribution >= 4 is 27.5 Å². The van der Waals surface area contributed by atoms with Crippen LogP contribution in [0, 0.1) is 0 Å². The van der Waals surface area contributed by atoms with Gasteiger partial charge in [-0.25, -0.2) is 0 Å². The van der Waals surface area contributed by atoms with Gasteiger partial charge in [0.15, 0.2) is 0 Å². The molecule has 0 aliphatic carbocycles. The fraction of sp³-hybridized carbons (Fsp3) is 0.444. The number of alkyl halides is 1. The first-order valence-corrected chi connectivity index (χ1v) is 5.09. The number of hydrogen-bond donors (Lipinski definition) is 0. The van der Waals surface area contributed by atoms with E-state index in [2.05, 4.69) is 27.8 Å². The molecule has 66 valence electrons. The standard InChI is InChI=1S/C9H11BrClN/c1-6(7(2)11)9-4-3-8(10)5-12-9/h3-7H,1-2H3. The molecule has 1 nitrogen and oxygen atoms in total. The molecule has 0 aliphatic rings. The van der Waals surface area contributed by atoms with Crippen molar-refractivity contribution in [3.8, 4) is 0 Å². The van der Waals surface area contributed by atoms with Crippen molar-refractivity contribution in [3.05, 3.63) is 28.5 Å². The zero-order valence-corrected chi connectivity index (χ0v) is 9.43. The molecule has 2 unspecified atom stereocenters. The third kappa shape index (κ3) is 2.46. The van der Waals surface area contributed by atoms with E-state index >= 15 is 0 Å². The molecule has 0 fully saturated rings. The number of aromatic nitrogens is 1. The van der Waals surface area contributed by atoms with E-state index in [0.29, 0.717) is 5.92 Å². The number of halogens is 2. The normalized spacial score (nSPS) is 15.7. The summed E-state index contributed by atoms with van der Waals surface area (Å²) in [7, 11) is 0. The van der Waals surface area contributed by atoms with Crippen LogP contribution >= 0.6 is 27.5 Å². The SMILES string of the molecule is CC(Cl)C(C)c1ccc(Br)cn1. The van der Waals surface area contributed by atoms with Crippen LogP contribution in [0.3, 0.4) is 0 Å². The van der Waals surface area contributed by atoms with Gasteiger partial charge in [0.2, 0.25) is 0 Å². The number of hydrogen-bond acceptors (Lipinski definition) is 1. The molecule has 1 aromatic rings. The Balaban J connectivity index is 2.82. The largest absolute Gasteiger partial charge is 0.260 e. The van der Waals surface area contributed by atoms with Gasteiger partial charge in [0.1, 0.15) is 0 Å². The Kier molecular flexibility index (Phi) is 3.53. The fourth-order valence-electron chi connectivity index (χ4n) is 0.892. The molecule has 0 aliphatic heterocycles. The van der Waals surface area contributed by atoms with E-state index in [1.807, 2.05) is 19.1 Å². The maximum Gasteiger partial charge on any atom is 0.0447 e. The first-order valence-electron chi connectivity index (χ1n) is 3.87. The maximum absolute atomic E-state index is 5.95. The highest BCUT2D eigenvalue weighted by Gasteiger charge is 2.12. The van der Waals surface area contributed by atoms with Gasteiger partial charge in [-0.15, -0.1) is 11.6 Å². The Morgan fingerprint density at radius 2 is 2.08 bits per heavy atom. The number of nitrogens with zero attached hydrogens (tertiary/aromatic N) is 1. The average Bonchev–Trinajstić information content (AvgIpc) is 2.04. The molecule has 0 amide bonds. The third-order valence-electron chi connectivity index (χ3n) is 1.91. The summed E-state index contributed by atoms with van der Waals surface area (Å²) in [5.74, 6) is 0.305. The number of pyridine rings is 1. The molecule has 1 aromatic heterocycles. The quantitative estimate of drug-likeness (QED) is 0.729. The van der Waals surface area contributed by atoms with E-state index in [9.17, 15) is 0 Å². The molecule has 3 heteroatoms. The second-order valence-electron chi connectivity index (χ2n) is 2.87. The van der Waals surface area contributed by atoms with E-state index < -0.39 is 0 Å². The van der Waals surface area contributed by atoms with Crippen molar-refractivity contribution in [2.75, 3.05) is 0 Å². The van der Waals surface area contributed by atoms with E-state index in [-0.39, 0.29) is 5.38 Å². The third-order valence-corrected chi connectivity index (χ3v) is 2.75. The molecule has 0 spiro atoms. The van der Waals surface area contributed by atoms with Gasteiger partial charge in [0, 0.05) is 27.7 Å². The van der Waals surface area contributed by atoms with Crippen LogP contribution in [0.15, 0.2) is 22.8 Å². The van der Waals surface area contributed by atoms with Crippen molar-refractivity contribution < 1.29 is 0 Å². The van der Waals surface area contributed by atoms with Gasteiger partial charge in [-0.3, -0.25) is 4.98 Å². The summed E-state index contributed by atoms with van der Waals surface area (Å²) in [6.07, 6.45) is 1.80. The maximum atomic E-state index is 5.95. The highest BCUT2D eigenvalue weighted by Crippen LogP contribution is 2.21. The molecule has 0 saturated carbocycles. The van der Waals surface area contributed by atoms with Crippen molar-refractivity contribution in [2.24, 2.45) is 0 Å². The van der Waals surface area contributed by atoms with Gasteiger partial charge < -0.3 is 0 Å². The Morgan fingerprint density at radius 1 is 1.42 bits per heavy atom. The molecular weight excluding hydrogens is 237 g/mol. The van der Waals surface area contributed by atoms with E-state index in [4.69, 9.17) is 11.6 Å². The van der Waals surface area contributed by atoms with Gasteiger partial charge in [-0.1, -0.05) is 6.92 Å². The Labute approximate surface area is 86.3 Å². The van der Waals surface area contributed by atoms with Gasteiger partial charge in [-0.2, -0.15) is 0 Å². The lowest BCUT2D eigenvalue weighted by Crippen LogP contribution is -2.06. The highest BCUT2D eigenvalue weighted by molar-refractivity contribution is 9.10. The number of rotatable bonds is 2. The fourth-order valence-corrected chi connectivity index (χ4v) is 1.26. The Hall–Kier alpha value is -0.0800. The van der Waals surface area contributed by atoms with Gasteiger partial charge in [0.05, 0.1) is 0 Å². The van der Waals surface area contributed by atoms with Gasteiger partial charge in [0.25, 0.3) is 0 Å². The summed E-state index contributed by atoms with van der Waals surface area (Å²) in [6.45, 7) is 4.06. The lowest BCUT2D eigenvalue weighted by Gasteiger charge is -2.12. The minimum atomic E-state index is 0.124. The monoisotopic (exact) mass is 247 g/mol. The zero-order valence-electron chi connectivity index (χ0n) is 7.09. The second-order valence-corrected chi connectivity index (χ2v) is 4.47. The predicted octanol–water partition coefficient (Wildman–Crippen LogP) is 3.57. The van der Waals surface area contributed by atoms with E-state index in [1.165, 1.54) is 0 Å². The first kappa shape index (κ1) is 10.0. The first-order chi connectivity index (χ1) is 5.61. The van der Waals surface area contributed by atoms with Crippen LogP contribution in [0.5, 0.6) is 0 Å². The molecule has 1 rings (SSSR count). The Morgan fingerprint density at radius 3 is 2.50 bits per heavy atom. The molecular formula is C9H11BrClN. The summed E-state index contributed by atoms with van der Waals surface area (Å²) in [6, 6.07) is 3.98.